The number of aliphatic hydroxyl groups is 1. The maximum atomic E-state index is 9.70. The highest BCUT2D eigenvalue weighted by atomic mass is 16.5. The van der Waals surface area contributed by atoms with E-state index in [1.807, 2.05) is 0 Å². The minimum absolute atomic E-state index is 0.0345. The monoisotopic (exact) mass is 228 g/mol. The Kier molecular flexibility index (Phi) is 2.70. The highest BCUT2D eigenvalue weighted by Crippen LogP contribution is 2.56. The summed E-state index contributed by atoms with van der Waals surface area (Å²) in [4.78, 5) is 0. The summed E-state index contributed by atoms with van der Waals surface area (Å²) in [5, 5.41) is 9.70. The predicted molar refractivity (Wildman–Crippen MR) is 57.1 cm³/mol. The van der Waals surface area contributed by atoms with Crippen molar-refractivity contribution >= 4 is 0 Å². The molecular formula is C12H20O4. The first-order valence-corrected chi connectivity index (χ1v) is 6.17. The molecule has 0 bridgehead atoms. The molecule has 3 rings (SSSR count). The number of hydrogen-bond acceptors (Lipinski definition) is 4. The van der Waals surface area contributed by atoms with Crippen LogP contribution >= 0.6 is 0 Å². The highest BCUT2D eigenvalue weighted by molar-refractivity contribution is 5.08. The van der Waals surface area contributed by atoms with Gasteiger partial charge in [0.1, 0.15) is 0 Å². The third-order valence-corrected chi connectivity index (χ3v) is 4.84. The molecule has 92 valence electrons. The molecule has 4 nitrogen and oxygen atoms in total. The second kappa shape index (κ2) is 3.95. The third kappa shape index (κ3) is 1.30. The molecular weight excluding hydrogens is 208 g/mol. The second-order valence-corrected chi connectivity index (χ2v) is 5.47. The Bertz CT molecular complexity index is 246. The minimum Gasteiger partial charge on any atom is -0.396 e. The molecule has 0 saturated carbocycles. The molecule has 1 N–H and O–H groups in total. The van der Waals surface area contributed by atoms with Crippen LogP contribution in [0.15, 0.2) is 0 Å². The fraction of sp³-hybridized carbons (Fsp3) is 1.00. The maximum absolute atomic E-state index is 9.70. The van der Waals surface area contributed by atoms with Crippen molar-refractivity contribution in [3.05, 3.63) is 0 Å². The van der Waals surface area contributed by atoms with Gasteiger partial charge in [-0.15, -0.1) is 0 Å². The van der Waals surface area contributed by atoms with Crippen LogP contribution in [0, 0.1) is 16.7 Å². The number of hydrogen-bond donors (Lipinski definition) is 1. The van der Waals surface area contributed by atoms with Gasteiger partial charge in [-0.3, -0.25) is 0 Å². The molecule has 3 saturated heterocycles. The van der Waals surface area contributed by atoms with Crippen molar-refractivity contribution in [3.8, 4) is 0 Å². The Hall–Kier alpha value is -0.160. The van der Waals surface area contributed by atoms with Crippen LogP contribution in [0.1, 0.15) is 12.8 Å². The molecule has 0 spiro atoms. The molecule has 0 aliphatic carbocycles. The fourth-order valence-corrected chi connectivity index (χ4v) is 3.43. The van der Waals surface area contributed by atoms with Gasteiger partial charge in [-0.2, -0.15) is 0 Å². The zero-order valence-electron chi connectivity index (χ0n) is 9.61. The van der Waals surface area contributed by atoms with Gasteiger partial charge in [-0.25, -0.2) is 0 Å². The topological polar surface area (TPSA) is 47.9 Å². The lowest BCUT2D eigenvalue weighted by atomic mass is 9.53. The largest absolute Gasteiger partial charge is 0.396 e. The lowest BCUT2D eigenvalue weighted by Crippen LogP contribution is -2.68. The summed E-state index contributed by atoms with van der Waals surface area (Å²) in [6.07, 6.45) is 2.20. The van der Waals surface area contributed by atoms with Gasteiger partial charge in [0.05, 0.1) is 38.4 Å². The van der Waals surface area contributed by atoms with Crippen LogP contribution in [-0.4, -0.2) is 51.4 Å². The van der Waals surface area contributed by atoms with Crippen molar-refractivity contribution in [2.45, 2.75) is 12.8 Å². The first-order chi connectivity index (χ1) is 7.83. The molecule has 3 heterocycles. The Balaban J connectivity index is 1.81. The molecule has 4 heteroatoms. The smallest absolute Gasteiger partial charge is 0.0574 e. The zero-order valence-corrected chi connectivity index (χ0v) is 9.61. The molecule has 0 aromatic rings. The molecule has 0 atom stereocenters. The Morgan fingerprint density at radius 2 is 1.56 bits per heavy atom. The molecule has 3 aliphatic heterocycles. The molecule has 0 aromatic carbocycles. The fourth-order valence-electron chi connectivity index (χ4n) is 3.43. The van der Waals surface area contributed by atoms with Crippen molar-refractivity contribution in [3.63, 3.8) is 0 Å². The van der Waals surface area contributed by atoms with Crippen LogP contribution < -0.4 is 0 Å². The van der Waals surface area contributed by atoms with Gasteiger partial charge in [0.2, 0.25) is 0 Å². The van der Waals surface area contributed by atoms with Crippen LogP contribution in [0.2, 0.25) is 0 Å². The lowest BCUT2D eigenvalue weighted by molar-refractivity contribution is -0.304. The second-order valence-electron chi connectivity index (χ2n) is 5.47. The van der Waals surface area contributed by atoms with Crippen LogP contribution in [0.3, 0.4) is 0 Å². The van der Waals surface area contributed by atoms with Gasteiger partial charge in [-0.1, -0.05) is 0 Å². The van der Waals surface area contributed by atoms with Crippen molar-refractivity contribution in [1.29, 1.82) is 0 Å². The highest BCUT2D eigenvalue weighted by Gasteiger charge is 2.63. The Labute approximate surface area is 95.9 Å². The molecule has 0 aromatic heterocycles. The summed E-state index contributed by atoms with van der Waals surface area (Å²) in [7, 11) is 0. The maximum Gasteiger partial charge on any atom is 0.0574 e. The average Bonchev–Trinajstić information content (AvgIpc) is 2.22. The number of aliphatic hydroxyl groups excluding tert-OH is 1. The van der Waals surface area contributed by atoms with E-state index in [-0.39, 0.29) is 17.4 Å². The van der Waals surface area contributed by atoms with Crippen LogP contribution in [0.4, 0.5) is 0 Å². The summed E-state index contributed by atoms with van der Waals surface area (Å²) in [5.41, 5.74) is 0.122. The van der Waals surface area contributed by atoms with E-state index in [1.54, 1.807) is 0 Å². The SMILES string of the molecule is OCC1(C2(C3CCOCC3)COC2)COC1. The molecule has 3 aliphatic rings. The van der Waals surface area contributed by atoms with Gasteiger partial charge in [0, 0.05) is 18.6 Å². The average molecular weight is 228 g/mol. The molecule has 0 amide bonds. The Morgan fingerprint density at radius 1 is 0.938 bits per heavy atom. The molecule has 0 unspecified atom stereocenters. The number of ether oxygens (including phenoxy) is 3. The molecule has 0 radical (unpaired) electrons. The van der Waals surface area contributed by atoms with E-state index in [0.29, 0.717) is 19.1 Å². The van der Waals surface area contributed by atoms with Crippen LogP contribution in [-0.2, 0) is 14.2 Å². The van der Waals surface area contributed by atoms with Gasteiger partial charge in [0.25, 0.3) is 0 Å². The van der Waals surface area contributed by atoms with E-state index >= 15 is 0 Å². The summed E-state index contributed by atoms with van der Waals surface area (Å²) < 4.78 is 16.2. The normalized spacial score (nSPS) is 32.8. The van der Waals surface area contributed by atoms with Crippen molar-refractivity contribution in [1.82, 2.24) is 0 Å². The van der Waals surface area contributed by atoms with Gasteiger partial charge >= 0.3 is 0 Å². The van der Waals surface area contributed by atoms with E-state index < -0.39 is 0 Å². The van der Waals surface area contributed by atoms with Crippen molar-refractivity contribution in [2.75, 3.05) is 46.2 Å². The van der Waals surface area contributed by atoms with Crippen molar-refractivity contribution in [2.24, 2.45) is 16.7 Å². The van der Waals surface area contributed by atoms with Crippen LogP contribution in [0.5, 0.6) is 0 Å². The van der Waals surface area contributed by atoms with Gasteiger partial charge < -0.3 is 19.3 Å². The summed E-state index contributed by atoms with van der Waals surface area (Å²) in [6.45, 7) is 4.93. The van der Waals surface area contributed by atoms with E-state index in [0.717, 1.165) is 39.3 Å². The van der Waals surface area contributed by atoms with Gasteiger partial charge in [0.15, 0.2) is 0 Å². The molecule has 3 fully saturated rings. The molecule has 16 heavy (non-hydrogen) atoms. The van der Waals surface area contributed by atoms with Gasteiger partial charge in [-0.05, 0) is 18.8 Å². The quantitative estimate of drug-likeness (QED) is 0.761. The van der Waals surface area contributed by atoms with E-state index in [4.69, 9.17) is 14.2 Å². The third-order valence-electron chi connectivity index (χ3n) is 4.84. The lowest BCUT2D eigenvalue weighted by Gasteiger charge is -2.62. The summed E-state index contributed by atoms with van der Waals surface area (Å²) in [5.74, 6) is 0.631. The van der Waals surface area contributed by atoms with Crippen molar-refractivity contribution < 1.29 is 19.3 Å². The standard InChI is InChI=1S/C12H20O4/c13-5-11(6-15-7-11)12(8-16-9-12)10-1-3-14-4-2-10/h10,13H,1-9H2. The van der Waals surface area contributed by atoms with E-state index in [1.165, 1.54) is 0 Å². The summed E-state index contributed by atoms with van der Waals surface area (Å²) in [6, 6.07) is 0. The first kappa shape index (κ1) is 11.0. The van der Waals surface area contributed by atoms with E-state index in [9.17, 15) is 5.11 Å². The van der Waals surface area contributed by atoms with E-state index in [2.05, 4.69) is 0 Å². The predicted octanol–water partition coefficient (Wildman–Crippen LogP) is 0.438. The summed E-state index contributed by atoms with van der Waals surface area (Å²) >= 11 is 0. The zero-order chi connectivity index (χ0) is 11.1. The van der Waals surface area contributed by atoms with Crippen LogP contribution in [0.25, 0.3) is 0 Å². The number of rotatable bonds is 3. The minimum atomic E-state index is -0.0345. The Morgan fingerprint density at radius 3 is 1.94 bits per heavy atom. The first-order valence-electron chi connectivity index (χ1n) is 6.17.